The van der Waals surface area contributed by atoms with Gasteiger partial charge in [-0.15, -0.1) is 11.3 Å². The number of nitrogens with zero attached hydrogens (tertiary/aromatic N) is 2. The van der Waals surface area contributed by atoms with Crippen LogP contribution in [0.4, 0.5) is 0 Å². The summed E-state index contributed by atoms with van der Waals surface area (Å²) in [4.78, 5) is 20.6. The molecule has 4 aromatic rings. The Labute approximate surface area is 196 Å². The minimum absolute atomic E-state index is 0.0252. The smallest absolute Gasteiger partial charge is 0.267 e. The van der Waals surface area contributed by atoms with Crippen LogP contribution >= 0.6 is 23.1 Å². The van der Waals surface area contributed by atoms with Gasteiger partial charge in [-0.2, -0.15) is 0 Å². The van der Waals surface area contributed by atoms with E-state index in [1.165, 1.54) is 16.6 Å². The molecule has 0 N–H and O–H groups in total. The molecule has 7 heteroatoms. The van der Waals surface area contributed by atoms with E-state index >= 15 is 0 Å². The van der Waals surface area contributed by atoms with Crippen LogP contribution in [0, 0.1) is 6.92 Å². The van der Waals surface area contributed by atoms with Gasteiger partial charge in [0.15, 0.2) is 5.16 Å². The van der Waals surface area contributed by atoms with Gasteiger partial charge in [-0.05, 0) is 55.3 Å². The molecule has 5 nitrogen and oxygen atoms in total. The summed E-state index contributed by atoms with van der Waals surface area (Å²) in [6, 6.07) is 17.3. The Hall–Kier alpha value is -2.77. The molecule has 0 radical (unpaired) electrons. The van der Waals surface area contributed by atoms with Gasteiger partial charge in [-0.25, -0.2) is 4.98 Å². The molecule has 0 aliphatic carbocycles. The quantitative estimate of drug-likeness (QED) is 0.175. The van der Waals surface area contributed by atoms with E-state index < -0.39 is 0 Å². The number of hydrogen-bond donors (Lipinski definition) is 0. The zero-order chi connectivity index (χ0) is 22.5. The number of methoxy groups -OCH3 is 1. The summed E-state index contributed by atoms with van der Waals surface area (Å²) in [5.74, 6) is 2.26. The largest absolute Gasteiger partial charge is 0.497 e. The fourth-order valence-electron chi connectivity index (χ4n) is 3.54. The van der Waals surface area contributed by atoms with Gasteiger partial charge in [0, 0.05) is 10.6 Å². The lowest BCUT2D eigenvalue weighted by Crippen LogP contribution is -2.22. The zero-order valence-corrected chi connectivity index (χ0v) is 20.1. The van der Waals surface area contributed by atoms with Gasteiger partial charge in [0.2, 0.25) is 0 Å². The van der Waals surface area contributed by atoms with Crippen LogP contribution in [-0.2, 0) is 6.42 Å². The number of thiophene rings is 1. The highest BCUT2D eigenvalue weighted by molar-refractivity contribution is 7.99. The topological polar surface area (TPSA) is 53.4 Å². The standard InChI is InChI=1S/C25H26N2O3S2/c1-4-8-21-17(2)22-23(32-21)26-25(31-16-15-30-20-9-6-5-7-10-20)27(24(22)28)18-11-13-19(29-3)14-12-18/h5-7,9-14H,4,8,15-16H2,1-3H3. The fourth-order valence-corrected chi connectivity index (χ4v) is 5.69. The normalized spacial score (nSPS) is 11.1. The fraction of sp³-hybridized carbons (Fsp3) is 0.280. The summed E-state index contributed by atoms with van der Waals surface area (Å²) in [5.41, 5.74) is 1.80. The number of fused-ring (bicyclic) bond motifs is 1. The Morgan fingerprint density at radius 3 is 2.50 bits per heavy atom. The van der Waals surface area contributed by atoms with Gasteiger partial charge in [0.05, 0.1) is 24.8 Å². The molecule has 0 aliphatic heterocycles. The maximum atomic E-state index is 13.7. The van der Waals surface area contributed by atoms with Crippen molar-refractivity contribution in [3.05, 3.63) is 75.4 Å². The van der Waals surface area contributed by atoms with Crippen molar-refractivity contribution in [2.24, 2.45) is 0 Å². The minimum Gasteiger partial charge on any atom is -0.497 e. The van der Waals surface area contributed by atoms with E-state index in [0.29, 0.717) is 17.5 Å². The molecular weight excluding hydrogens is 440 g/mol. The van der Waals surface area contributed by atoms with Gasteiger partial charge in [-0.1, -0.05) is 43.3 Å². The predicted octanol–water partition coefficient (Wildman–Crippen LogP) is 5.89. The van der Waals surface area contributed by atoms with Crippen LogP contribution in [0.1, 0.15) is 23.8 Å². The van der Waals surface area contributed by atoms with E-state index in [1.54, 1.807) is 23.0 Å². The van der Waals surface area contributed by atoms with Gasteiger partial charge in [-0.3, -0.25) is 9.36 Å². The third kappa shape index (κ3) is 4.69. The first-order valence-corrected chi connectivity index (χ1v) is 12.4. The third-order valence-corrected chi connectivity index (χ3v) is 7.31. The van der Waals surface area contributed by atoms with Gasteiger partial charge < -0.3 is 9.47 Å². The number of rotatable bonds is 9. The molecule has 32 heavy (non-hydrogen) atoms. The average Bonchev–Trinajstić information content (AvgIpc) is 3.13. The van der Waals surface area contributed by atoms with E-state index in [0.717, 1.165) is 45.8 Å². The summed E-state index contributed by atoms with van der Waals surface area (Å²) >= 11 is 3.16. The Balaban J connectivity index is 1.70. The lowest BCUT2D eigenvalue weighted by atomic mass is 10.1. The van der Waals surface area contributed by atoms with Crippen molar-refractivity contribution >= 4 is 33.3 Å². The first-order chi connectivity index (χ1) is 15.6. The molecule has 2 aromatic carbocycles. The number of aryl methyl sites for hydroxylation is 2. The van der Waals surface area contributed by atoms with E-state index in [1.807, 2.05) is 61.5 Å². The van der Waals surface area contributed by atoms with Crippen LogP contribution < -0.4 is 15.0 Å². The first-order valence-electron chi connectivity index (χ1n) is 10.6. The van der Waals surface area contributed by atoms with Gasteiger partial charge in [0.1, 0.15) is 16.3 Å². The summed E-state index contributed by atoms with van der Waals surface area (Å²) in [6.07, 6.45) is 2.00. The van der Waals surface area contributed by atoms with Gasteiger partial charge in [0.25, 0.3) is 5.56 Å². The van der Waals surface area contributed by atoms with Crippen molar-refractivity contribution in [2.75, 3.05) is 19.5 Å². The summed E-state index contributed by atoms with van der Waals surface area (Å²) in [5, 5.41) is 1.40. The molecule has 0 atom stereocenters. The maximum absolute atomic E-state index is 13.7. The predicted molar refractivity (Wildman–Crippen MR) is 133 cm³/mol. The van der Waals surface area contributed by atoms with Crippen molar-refractivity contribution in [1.82, 2.24) is 9.55 Å². The molecule has 0 saturated heterocycles. The third-order valence-electron chi connectivity index (χ3n) is 5.17. The molecule has 2 aromatic heterocycles. The minimum atomic E-state index is -0.0252. The average molecular weight is 467 g/mol. The second kappa shape index (κ2) is 10.2. The van der Waals surface area contributed by atoms with E-state index in [4.69, 9.17) is 14.5 Å². The Kier molecular flexibility index (Phi) is 7.17. The van der Waals surface area contributed by atoms with Crippen LogP contribution in [0.15, 0.2) is 64.5 Å². The van der Waals surface area contributed by atoms with Crippen LogP contribution in [-0.4, -0.2) is 29.0 Å². The highest BCUT2D eigenvalue weighted by Crippen LogP contribution is 2.31. The maximum Gasteiger partial charge on any atom is 0.267 e. The van der Waals surface area contributed by atoms with Crippen LogP contribution in [0.5, 0.6) is 11.5 Å². The van der Waals surface area contributed by atoms with Crippen molar-refractivity contribution < 1.29 is 9.47 Å². The number of ether oxygens (including phenoxy) is 2. The number of aromatic nitrogens is 2. The lowest BCUT2D eigenvalue weighted by Gasteiger charge is -2.13. The molecule has 166 valence electrons. The van der Waals surface area contributed by atoms with Crippen molar-refractivity contribution in [3.8, 4) is 17.2 Å². The zero-order valence-electron chi connectivity index (χ0n) is 18.5. The molecule has 0 spiro atoms. The Bertz CT molecular complexity index is 1250. The molecule has 0 fully saturated rings. The molecule has 0 amide bonds. The number of thioether (sulfide) groups is 1. The molecular formula is C25H26N2O3S2. The van der Waals surface area contributed by atoms with Crippen molar-refractivity contribution in [2.45, 2.75) is 31.8 Å². The molecule has 0 unspecified atom stereocenters. The van der Waals surface area contributed by atoms with Gasteiger partial charge >= 0.3 is 0 Å². The van der Waals surface area contributed by atoms with Crippen LogP contribution in [0.2, 0.25) is 0 Å². The molecule has 0 bridgehead atoms. The SMILES string of the molecule is CCCc1sc2nc(SCCOc3ccccc3)n(-c3ccc(OC)cc3)c(=O)c2c1C. The molecule has 4 rings (SSSR count). The van der Waals surface area contributed by atoms with E-state index in [2.05, 4.69) is 6.92 Å². The van der Waals surface area contributed by atoms with E-state index in [9.17, 15) is 4.79 Å². The summed E-state index contributed by atoms with van der Waals surface area (Å²) in [6.45, 7) is 4.71. The number of benzene rings is 2. The Morgan fingerprint density at radius 1 is 1.06 bits per heavy atom. The highest BCUT2D eigenvalue weighted by atomic mass is 32.2. The van der Waals surface area contributed by atoms with Crippen molar-refractivity contribution in [1.29, 1.82) is 0 Å². The van der Waals surface area contributed by atoms with Crippen LogP contribution in [0.25, 0.3) is 15.9 Å². The first kappa shape index (κ1) is 22.4. The second-order valence-electron chi connectivity index (χ2n) is 7.32. The highest BCUT2D eigenvalue weighted by Gasteiger charge is 2.19. The van der Waals surface area contributed by atoms with Crippen molar-refractivity contribution in [3.63, 3.8) is 0 Å². The second-order valence-corrected chi connectivity index (χ2v) is 9.47. The summed E-state index contributed by atoms with van der Waals surface area (Å²) in [7, 11) is 1.63. The lowest BCUT2D eigenvalue weighted by molar-refractivity contribution is 0.344. The molecule has 2 heterocycles. The number of hydrogen-bond acceptors (Lipinski definition) is 6. The summed E-state index contributed by atoms with van der Waals surface area (Å²) < 4.78 is 12.8. The molecule has 0 aliphatic rings. The monoisotopic (exact) mass is 466 g/mol. The molecule has 0 saturated carbocycles. The van der Waals surface area contributed by atoms with E-state index in [-0.39, 0.29) is 5.56 Å². The Morgan fingerprint density at radius 2 is 1.81 bits per heavy atom. The number of para-hydroxylation sites is 1. The van der Waals surface area contributed by atoms with Crippen LogP contribution in [0.3, 0.4) is 0 Å².